The Morgan fingerprint density at radius 2 is 2.33 bits per heavy atom. The molecule has 0 aliphatic heterocycles. The molecule has 0 bridgehead atoms. The summed E-state index contributed by atoms with van der Waals surface area (Å²) < 4.78 is 27.7. The van der Waals surface area contributed by atoms with Crippen LogP contribution in [0.25, 0.3) is 5.95 Å². The van der Waals surface area contributed by atoms with Crippen LogP contribution in [0.2, 0.25) is 0 Å². The molecule has 0 saturated carbocycles. The predicted octanol–water partition coefficient (Wildman–Crippen LogP) is 1.22. The van der Waals surface area contributed by atoms with Gasteiger partial charge in [0.15, 0.2) is 0 Å². The summed E-state index contributed by atoms with van der Waals surface area (Å²) in [7, 11) is 0. The highest BCUT2D eigenvalue weighted by Crippen LogP contribution is 2.19. The van der Waals surface area contributed by atoms with Crippen LogP contribution >= 0.6 is 0 Å². The molecule has 7 heteroatoms. The van der Waals surface area contributed by atoms with Crippen molar-refractivity contribution in [2.24, 2.45) is 0 Å². The van der Waals surface area contributed by atoms with Crippen molar-refractivity contribution >= 4 is 0 Å². The zero-order chi connectivity index (χ0) is 10.8. The highest BCUT2D eigenvalue weighted by molar-refractivity contribution is 5.15. The van der Waals surface area contributed by atoms with Crippen LogP contribution in [0.4, 0.5) is 8.78 Å². The molecule has 2 aromatic heterocycles. The van der Waals surface area contributed by atoms with E-state index >= 15 is 0 Å². The van der Waals surface area contributed by atoms with Crippen molar-refractivity contribution in [1.82, 2.24) is 24.5 Å². The predicted molar refractivity (Wildman–Crippen MR) is 46.6 cm³/mol. The Morgan fingerprint density at radius 3 is 3.00 bits per heavy atom. The summed E-state index contributed by atoms with van der Waals surface area (Å²) in [5.41, 5.74) is -0.308. The van der Waals surface area contributed by atoms with Crippen LogP contribution in [-0.4, -0.2) is 24.5 Å². The lowest BCUT2D eigenvalue weighted by molar-refractivity contribution is 0.142. The molecule has 1 radical (unpaired) electrons. The Balaban J connectivity index is 2.49. The minimum atomic E-state index is -2.63. The maximum atomic E-state index is 12.5. The minimum Gasteiger partial charge on any atom is -0.298 e. The number of hydrogen-bond acceptors (Lipinski definition) is 3. The number of aromatic nitrogens is 5. The normalized spacial score (nSPS) is 11.2. The Hall–Kier alpha value is -1.79. The molecule has 0 aromatic carbocycles. The average Bonchev–Trinajstić information content (AvgIpc) is 2.85. The first kappa shape index (κ1) is 9.75. The quantitative estimate of drug-likeness (QED) is 0.768. The van der Waals surface area contributed by atoms with E-state index in [0.29, 0.717) is 6.54 Å². The van der Waals surface area contributed by atoms with Gasteiger partial charge in [0.1, 0.15) is 12.0 Å². The summed E-state index contributed by atoms with van der Waals surface area (Å²) in [4.78, 5) is 0. The number of nitrogens with zero attached hydrogens (tertiary/aromatic N) is 5. The van der Waals surface area contributed by atoms with E-state index in [1.165, 1.54) is 12.5 Å². The number of hydrogen-bond donors (Lipinski definition) is 0. The van der Waals surface area contributed by atoms with Gasteiger partial charge in [-0.05, 0) is 6.92 Å². The SMILES string of the molecule is CCn1cnnc1-n1nc[c]c1C(F)F. The largest absolute Gasteiger partial charge is 0.298 e. The summed E-state index contributed by atoms with van der Waals surface area (Å²) in [5, 5.41) is 11.1. The van der Waals surface area contributed by atoms with E-state index in [2.05, 4.69) is 21.4 Å². The third-order valence-corrected chi connectivity index (χ3v) is 1.95. The van der Waals surface area contributed by atoms with Gasteiger partial charge in [-0.25, -0.2) is 8.78 Å². The summed E-state index contributed by atoms with van der Waals surface area (Å²) in [5.74, 6) is 0.272. The highest BCUT2D eigenvalue weighted by Gasteiger charge is 2.18. The maximum Gasteiger partial charge on any atom is 0.281 e. The molecule has 0 fully saturated rings. The standard InChI is InChI=1S/C8H8F2N5/c1-2-14-5-11-13-8(14)15-6(7(9)10)3-4-12-15/h4-5,7H,2H2,1H3. The van der Waals surface area contributed by atoms with Gasteiger partial charge in [0, 0.05) is 12.6 Å². The number of aryl methyl sites for hydroxylation is 1. The van der Waals surface area contributed by atoms with Gasteiger partial charge >= 0.3 is 0 Å². The van der Waals surface area contributed by atoms with Crippen LogP contribution in [0.15, 0.2) is 12.5 Å². The molecular weight excluding hydrogens is 204 g/mol. The van der Waals surface area contributed by atoms with Crippen molar-refractivity contribution in [3.05, 3.63) is 24.3 Å². The third-order valence-electron chi connectivity index (χ3n) is 1.95. The van der Waals surface area contributed by atoms with Crippen LogP contribution in [0, 0.1) is 6.07 Å². The van der Waals surface area contributed by atoms with Gasteiger partial charge < -0.3 is 0 Å². The molecule has 0 N–H and O–H groups in total. The van der Waals surface area contributed by atoms with Gasteiger partial charge in [-0.2, -0.15) is 9.78 Å². The van der Waals surface area contributed by atoms with E-state index in [4.69, 9.17) is 0 Å². The fourth-order valence-corrected chi connectivity index (χ4v) is 1.23. The topological polar surface area (TPSA) is 48.5 Å². The van der Waals surface area contributed by atoms with E-state index in [1.54, 1.807) is 4.57 Å². The van der Waals surface area contributed by atoms with E-state index in [1.807, 2.05) is 6.92 Å². The van der Waals surface area contributed by atoms with Gasteiger partial charge in [-0.3, -0.25) is 4.57 Å². The zero-order valence-electron chi connectivity index (χ0n) is 7.93. The average molecular weight is 212 g/mol. The van der Waals surface area contributed by atoms with E-state index in [0.717, 1.165) is 4.68 Å². The Kier molecular flexibility index (Phi) is 2.44. The maximum absolute atomic E-state index is 12.5. The number of rotatable bonds is 3. The molecule has 5 nitrogen and oxygen atoms in total. The smallest absolute Gasteiger partial charge is 0.281 e. The first-order chi connectivity index (χ1) is 7.24. The molecule has 0 unspecified atom stereocenters. The van der Waals surface area contributed by atoms with Crippen LogP contribution in [0.5, 0.6) is 0 Å². The van der Waals surface area contributed by atoms with Crippen LogP contribution in [0.3, 0.4) is 0 Å². The van der Waals surface area contributed by atoms with Crippen molar-refractivity contribution in [3.8, 4) is 5.95 Å². The molecule has 2 rings (SSSR count). The van der Waals surface area contributed by atoms with Gasteiger partial charge in [0.2, 0.25) is 0 Å². The molecule has 2 heterocycles. The molecule has 79 valence electrons. The third kappa shape index (κ3) is 1.60. The molecule has 0 saturated heterocycles. The second-order valence-electron chi connectivity index (χ2n) is 2.80. The monoisotopic (exact) mass is 212 g/mol. The summed E-state index contributed by atoms with van der Waals surface area (Å²) in [6, 6.07) is 2.37. The fraction of sp³-hybridized carbons (Fsp3) is 0.375. The van der Waals surface area contributed by atoms with Crippen molar-refractivity contribution in [2.45, 2.75) is 19.9 Å². The second-order valence-corrected chi connectivity index (χ2v) is 2.80. The Morgan fingerprint density at radius 1 is 1.53 bits per heavy atom. The lowest BCUT2D eigenvalue weighted by Crippen LogP contribution is -2.10. The lowest BCUT2D eigenvalue weighted by atomic mass is 10.4. The molecule has 0 aliphatic carbocycles. The van der Waals surface area contributed by atoms with E-state index in [9.17, 15) is 8.78 Å². The van der Waals surface area contributed by atoms with Crippen molar-refractivity contribution in [3.63, 3.8) is 0 Å². The lowest BCUT2D eigenvalue weighted by Gasteiger charge is -2.05. The molecule has 0 amide bonds. The Labute approximate surface area is 84.3 Å². The molecule has 0 aliphatic rings. The molecule has 15 heavy (non-hydrogen) atoms. The summed E-state index contributed by atoms with van der Waals surface area (Å²) in [6.07, 6.45) is 0.0251. The van der Waals surface area contributed by atoms with E-state index < -0.39 is 6.43 Å². The summed E-state index contributed by atoms with van der Waals surface area (Å²) >= 11 is 0. The number of alkyl halides is 2. The van der Waals surface area contributed by atoms with Crippen LogP contribution < -0.4 is 0 Å². The zero-order valence-corrected chi connectivity index (χ0v) is 7.93. The van der Waals surface area contributed by atoms with Gasteiger partial charge in [0.25, 0.3) is 12.4 Å². The van der Waals surface area contributed by atoms with Gasteiger partial charge in [-0.1, -0.05) is 0 Å². The van der Waals surface area contributed by atoms with Crippen LogP contribution in [0.1, 0.15) is 19.0 Å². The Bertz CT molecular complexity index is 447. The molecule has 0 atom stereocenters. The second kappa shape index (κ2) is 3.76. The van der Waals surface area contributed by atoms with Crippen molar-refractivity contribution in [1.29, 1.82) is 0 Å². The van der Waals surface area contributed by atoms with Crippen LogP contribution in [-0.2, 0) is 6.54 Å². The first-order valence-electron chi connectivity index (χ1n) is 4.36. The molecule has 0 spiro atoms. The van der Waals surface area contributed by atoms with Crippen molar-refractivity contribution < 1.29 is 8.78 Å². The summed E-state index contributed by atoms with van der Waals surface area (Å²) in [6.45, 7) is 2.45. The fourth-order valence-electron chi connectivity index (χ4n) is 1.23. The van der Waals surface area contributed by atoms with Crippen molar-refractivity contribution in [2.75, 3.05) is 0 Å². The first-order valence-corrected chi connectivity index (χ1v) is 4.36. The molecular formula is C8H8F2N5. The van der Waals surface area contributed by atoms with Gasteiger partial charge in [-0.15, -0.1) is 10.2 Å². The molecule has 2 aromatic rings. The van der Waals surface area contributed by atoms with E-state index in [-0.39, 0.29) is 11.6 Å². The number of halogens is 2. The van der Waals surface area contributed by atoms with Gasteiger partial charge in [0.05, 0.1) is 6.20 Å². The minimum absolute atomic E-state index is 0.272. The highest BCUT2D eigenvalue weighted by atomic mass is 19.3.